The van der Waals surface area contributed by atoms with Crippen LogP contribution in [0.5, 0.6) is 0 Å². The van der Waals surface area contributed by atoms with Crippen molar-refractivity contribution in [2.75, 3.05) is 13.2 Å². The highest BCUT2D eigenvalue weighted by Crippen LogP contribution is 2.44. The maximum absolute atomic E-state index is 11.5. The number of esters is 1. The Labute approximate surface area is 211 Å². The molecule has 2 aromatic carbocycles. The molecule has 0 atom stereocenters. The standard InChI is InChI=1S/C32H42O3/c1-3-32(34)35-21-19-30-22-24(18-20-33)6-17-31(30)29-15-13-28(14-16-29)27-11-9-26(10-12-27)25-7-4-23(2)5-8-25/h3,6,13-17,22-23,25-27,33H,1,4-5,7-12,18-21H2,2H3. The summed E-state index contributed by atoms with van der Waals surface area (Å²) in [6, 6.07) is 15.5. The molecule has 1 N–H and O–H groups in total. The quantitative estimate of drug-likeness (QED) is 0.307. The lowest BCUT2D eigenvalue weighted by Crippen LogP contribution is -2.24. The van der Waals surface area contributed by atoms with Gasteiger partial charge in [-0.2, -0.15) is 0 Å². The van der Waals surface area contributed by atoms with Crippen LogP contribution in [-0.4, -0.2) is 24.3 Å². The molecule has 0 radical (unpaired) electrons. The molecule has 2 aliphatic rings. The Morgan fingerprint density at radius 2 is 1.60 bits per heavy atom. The normalized spacial score (nSPS) is 24.6. The molecule has 4 rings (SSSR count). The second-order valence-electron chi connectivity index (χ2n) is 10.8. The van der Waals surface area contributed by atoms with Crippen molar-refractivity contribution in [1.29, 1.82) is 0 Å². The van der Waals surface area contributed by atoms with Crippen LogP contribution in [0.3, 0.4) is 0 Å². The van der Waals surface area contributed by atoms with Gasteiger partial charge in [-0.3, -0.25) is 0 Å². The molecule has 3 heteroatoms. The number of carbonyl (C=O) groups is 1. The molecule has 0 heterocycles. The third kappa shape index (κ3) is 6.85. The van der Waals surface area contributed by atoms with E-state index in [9.17, 15) is 9.90 Å². The largest absolute Gasteiger partial charge is 0.462 e. The van der Waals surface area contributed by atoms with Crippen molar-refractivity contribution >= 4 is 5.97 Å². The Morgan fingerprint density at radius 3 is 2.23 bits per heavy atom. The van der Waals surface area contributed by atoms with Crippen molar-refractivity contribution in [3.8, 4) is 11.1 Å². The molecule has 0 spiro atoms. The number of hydrogen-bond donors (Lipinski definition) is 1. The van der Waals surface area contributed by atoms with E-state index in [4.69, 9.17) is 4.74 Å². The lowest BCUT2D eigenvalue weighted by Gasteiger charge is -2.37. The van der Waals surface area contributed by atoms with Gasteiger partial charge in [0.1, 0.15) is 0 Å². The fraction of sp³-hybridized carbons (Fsp3) is 0.531. The molecule has 2 aliphatic carbocycles. The molecule has 2 aromatic rings. The topological polar surface area (TPSA) is 46.5 Å². The van der Waals surface area contributed by atoms with Gasteiger partial charge < -0.3 is 9.84 Å². The van der Waals surface area contributed by atoms with Crippen LogP contribution in [-0.2, 0) is 22.4 Å². The van der Waals surface area contributed by atoms with Crippen LogP contribution in [0.25, 0.3) is 11.1 Å². The Balaban J connectivity index is 1.40. The third-order valence-corrected chi connectivity index (χ3v) is 8.54. The molecular weight excluding hydrogens is 432 g/mol. The van der Waals surface area contributed by atoms with Crippen LogP contribution in [0.15, 0.2) is 55.1 Å². The van der Waals surface area contributed by atoms with E-state index >= 15 is 0 Å². The van der Waals surface area contributed by atoms with Crippen molar-refractivity contribution in [2.24, 2.45) is 17.8 Å². The average molecular weight is 475 g/mol. The number of aliphatic hydroxyl groups excluding tert-OH is 1. The predicted octanol–water partition coefficient (Wildman–Crippen LogP) is 7.26. The zero-order valence-corrected chi connectivity index (χ0v) is 21.4. The maximum Gasteiger partial charge on any atom is 0.330 e. The first-order valence-corrected chi connectivity index (χ1v) is 13.7. The number of rotatable bonds is 9. The monoisotopic (exact) mass is 474 g/mol. The smallest absolute Gasteiger partial charge is 0.330 e. The van der Waals surface area contributed by atoms with Gasteiger partial charge in [0.25, 0.3) is 0 Å². The fourth-order valence-corrected chi connectivity index (χ4v) is 6.36. The van der Waals surface area contributed by atoms with Gasteiger partial charge in [-0.1, -0.05) is 68.8 Å². The molecule has 0 saturated heterocycles. The summed E-state index contributed by atoms with van der Waals surface area (Å²) in [5.74, 6) is 3.16. The summed E-state index contributed by atoms with van der Waals surface area (Å²) in [5.41, 5.74) is 6.08. The van der Waals surface area contributed by atoms with E-state index in [1.54, 1.807) is 0 Å². The Kier molecular flexibility index (Phi) is 9.20. The van der Waals surface area contributed by atoms with Crippen molar-refractivity contribution in [1.82, 2.24) is 0 Å². The molecule has 0 aliphatic heterocycles. The second-order valence-corrected chi connectivity index (χ2v) is 10.8. The van der Waals surface area contributed by atoms with E-state index < -0.39 is 5.97 Å². The van der Waals surface area contributed by atoms with Crippen LogP contribution < -0.4 is 0 Å². The predicted molar refractivity (Wildman–Crippen MR) is 143 cm³/mol. The van der Waals surface area contributed by atoms with E-state index in [1.807, 2.05) is 0 Å². The first kappa shape index (κ1) is 25.7. The summed E-state index contributed by atoms with van der Waals surface area (Å²) in [5, 5.41) is 9.35. The second kappa shape index (κ2) is 12.5. The summed E-state index contributed by atoms with van der Waals surface area (Å²) in [6.07, 6.45) is 13.7. The number of benzene rings is 2. The van der Waals surface area contributed by atoms with Crippen molar-refractivity contribution in [3.05, 3.63) is 71.8 Å². The summed E-state index contributed by atoms with van der Waals surface area (Å²) >= 11 is 0. The van der Waals surface area contributed by atoms with E-state index in [0.717, 1.165) is 28.9 Å². The van der Waals surface area contributed by atoms with Crippen molar-refractivity contribution in [2.45, 2.75) is 77.0 Å². The SMILES string of the molecule is C=CC(=O)OCCc1cc(CCO)ccc1-c1ccc(C2CCC(C3CCC(C)CC3)CC2)cc1. The zero-order valence-electron chi connectivity index (χ0n) is 21.4. The van der Waals surface area contributed by atoms with Gasteiger partial charge in [0.15, 0.2) is 0 Å². The van der Waals surface area contributed by atoms with Crippen LogP contribution in [0.4, 0.5) is 0 Å². The Morgan fingerprint density at radius 1 is 0.943 bits per heavy atom. The third-order valence-electron chi connectivity index (χ3n) is 8.54. The first-order valence-electron chi connectivity index (χ1n) is 13.7. The lowest BCUT2D eigenvalue weighted by atomic mass is 9.68. The minimum Gasteiger partial charge on any atom is -0.462 e. The highest BCUT2D eigenvalue weighted by atomic mass is 16.5. The van der Waals surface area contributed by atoms with E-state index in [-0.39, 0.29) is 6.61 Å². The number of hydrogen-bond acceptors (Lipinski definition) is 3. The molecule has 35 heavy (non-hydrogen) atoms. The Bertz CT molecular complexity index is 961. The van der Waals surface area contributed by atoms with Gasteiger partial charge in [-0.05, 0) is 96.4 Å². The highest BCUT2D eigenvalue weighted by molar-refractivity contribution is 5.81. The van der Waals surface area contributed by atoms with Crippen molar-refractivity contribution < 1.29 is 14.6 Å². The maximum atomic E-state index is 11.5. The molecule has 0 amide bonds. The van der Waals surface area contributed by atoms with Crippen LogP contribution in [0.1, 0.15) is 80.9 Å². The van der Waals surface area contributed by atoms with E-state index in [0.29, 0.717) is 25.4 Å². The van der Waals surface area contributed by atoms with Crippen LogP contribution >= 0.6 is 0 Å². The van der Waals surface area contributed by atoms with Crippen LogP contribution in [0.2, 0.25) is 0 Å². The number of aliphatic hydroxyl groups is 1. The lowest BCUT2D eigenvalue weighted by molar-refractivity contribution is -0.137. The first-order chi connectivity index (χ1) is 17.1. The highest BCUT2D eigenvalue weighted by Gasteiger charge is 2.30. The van der Waals surface area contributed by atoms with Gasteiger partial charge in [-0.25, -0.2) is 4.79 Å². The minimum absolute atomic E-state index is 0.126. The molecule has 3 nitrogen and oxygen atoms in total. The van der Waals surface area contributed by atoms with Gasteiger partial charge in [0.05, 0.1) is 6.61 Å². The molecule has 188 valence electrons. The van der Waals surface area contributed by atoms with Gasteiger partial charge >= 0.3 is 5.97 Å². The zero-order chi connectivity index (χ0) is 24.6. The van der Waals surface area contributed by atoms with Crippen molar-refractivity contribution in [3.63, 3.8) is 0 Å². The molecule has 0 unspecified atom stereocenters. The number of carbonyl (C=O) groups excluding carboxylic acids is 1. The molecule has 2 saturated carbocycles. The molecule has 0 aromatic heterocycles. The summed E-state index contributed by atoms with van der Waals surface area (Å²) in [6.45, 7) is 6.33. The molecule has 2 fully saturated rings. The summed E-state index contributed by atoms with van der Waals surface area (Å²) in [7, 11) is 0. The van der Waals surface area contributed by atoms with Gasteiger partial charge in [0, 0.05) is 19.1 Å². The fourth-order valence-electron chi connectivity index (χ4n) is 6.36. The van der Waals surface area contributed by atoms with E-state index in [2.05, 4.69) is 56.0 Å². The Hall–Kier alpha value is -2.39. The van der Waals surface area contributed by atoms with Gasteiger partial charge in [0.2, 0.25) is 0 Å². The van der Waals surface area contributed by atoms with Crippen LogP contribution in [0, 0.1) is 17.8 Å². The number of ether oxygens (including phenoxy) is 1. The van der Waals surface area contributed by atoms with E-state index in [1.165, 1.54) is 74.1 Å². The molecule has 0 bridgehead atoms. The van der Waals surface area contributed by atoms with Gasteiger partial charge in [-0.15, -0.1) is 0 Å². The minimum atomic E-state index is -0.393. The summed E-state index contributed by atoms with van der Waals surface area (Å²) < 4.78 is 5.24. The molecular formula is C32H42O3. The summed E-state index contributed by atoms with van der Waals surface area (Å²) in [4.78, 5) is 11.5. The average Bonchev–Trinajstić information content (AvgIpc) is 2.90.